The summed E-state index contributed by atoms with van der Waals surface area (Å²) in [5.74, 6) is 0.0486. The van der Waals surface area contributed by atoms with Crippen LogP contribution in [-0.4, -0.2) is 16.0 Å². The molecule has 0 aliphatic heterocycles. The molecule has 1 aromatic rings. The summed E-state index contributed by atoms with van der Waals surface area (Å²) in [6.45, 7) is 2.09. The van der Waals surface area contributed by atoms with Crippen LogP contribution in [0.3, 0.4) is 0 Å². The van der Waals surface area contributed by atoms with Crippen LogP contribution >= 0.6 is 0 Å². The molecule has 2 N–H and O–H groups in total. The number of benzene rings is 1. The van der Waals surface area contributed by atoms with E-state index >= 15 is 0 Å². The second-order valence-corrected chi connectivity index (χ2v) is 4.04. The van der Waals surface area contributed by atoms with E-state index in [1.54, 1.807) is 6.08 Å². The summed E-state index contributed by atoms with van der Waals surface area (Å²) in [7, 11) is 0. The van der Waals surface area contributed by atoms with Crippen LogP contribution in [0.4, 0.5) is 0 Å². The zero-order valence-corrected chi connectivity index (χ0v) is 10.0. The minimum atomic E-state index is -0.0110. The largest absolute Gasteiger partial charge is 0.508 e. The molecule has 92 valence electrons. The van der Waals surface area contributed by atoms with Crippen molar-refractivity contribution in [3.63, 3.8) is 0 Å². The standard InChI is InChI=1S/C14H18O3/c1-2-3-4-5-12(15)7-6-11-8-13(16)10-14(17)9-11/h6-10,16-17H,2-5H2,1H3. The van der Waals surface area contributed by atoms with E-state index in [9.17, 15) is 15.0 Å². The number of allylic oxidation sites excluding steroid dienone is 1. The number of hydrogen-bond donors (Lipinski definition) is 2. The smallest absolute Gasteiger partial charge is 0.155 e. The summed E-state index contributed by atoms with van der Waals surface area (Å²) in [5.41, 5.74) is 0.617. The van der Waals surface area contributed by atoms with Crippen LogP contribution in [0.15, 0.2) is 24.3 Å². The van der Waals surface area contributed by atoms with Crippen molar-refractivity contribution in [2.75, 3.05) is 0 Å². The van der Waals surface area contributed by atoms with Gasteiger partial charge in [-0.15, -0.1) is 0 Å². The van der Waals surface area contributed by atoms with Gasteiger partial charge in [-0.05, 0) is 30.2 Å². The molecule has 17 heavy (non-hydrogen) atoms. The maximum absolute atomic E-state index is 11.4. The average Bonchev–Trinajstić information content (AvgIpc) is 2.25. The summed E-state index contributed by atoms with van der Waals surface area (Å²) in [6, 6.07) is 4.24. The molecule has 0 aromatic heterocycles. The maximum atomic E-state index is 11.4. The molecule has 0 saturated heterocycles. The van der Waals surface area contributed by atoms with Gasteiger partial charge in [-0.2, -0.15) is 0 Å². The number of rotatable bonds is 6. The molecule has 0 aliphatic rings. The Morgan fingerprint density at radius 1 is 1.18 bits per heavy atom. The molecule has 0 aliphatic carbocycles. The number of aromatic hydroxyl groups is 2. The van der Waals surface area contributed by atoms with Gasteiger partial charge in [-0.3, -0.25) is 4.79 Å². The van der Waals surface area contributed by atoms with E-state index in [1.807, 2.05) is 0 Å². The van der Waals surface area contributed by atoms with Crippen LogP contribution < -0.4 is 0 Å². The van der Waals surface area contributed by atoms with Gasteiger partial charge < -0.3 is 10.2 Å². The Morgan fingerprint density at radius 3 is 2.41 bits per heavy atom. The minimum Gasteiger partial charge on any atom is -0.508 e. The molecule has 3 nitrogen and oxygen atoms in total. The van der Waals surface area contributed by atoms with Gasteiger partial charge in [0.15, 0.2) is 5.78 Å². The summed E-state index contributed by atoms with van der Waals surface area (Å²) in [6.07, 6.45) is 6.71. The van der Waals surface area contributed by atoms with Gasteiger partial charge in [0.2, 0.25) is 0 Å². The van der Waals surface area contributed by atoms with Gasteiger partial charge in [0.05, 0.1) is 0 Å². The highest BCUT2D eigenvalue weighted by Crippen LogP contribution is 2.21. The third-order valence-corrected chi connectivity index (χ3v) is 2.41. The first kappa shape index (κ1) is 13.3. The van der Waals surface area contributed by atoms with Crippen molar-refractivity contribution < 1.29 is 15.0 Å². The van der Waals surface area contributed by atoms with E-state index < -0.39 is 0 Å². The quantitative estimate of drug-likeness (QED) is 0.586. The predicted molar refractivity (Wildman–Crippen MR) is 68.0 cm³/mol. The lowest BCUT2D eigenvalue weighted by molar-refractivity contribution is -0.114. The Bertz CT molecular complexity index is 388. The normalized spacial score (nSPS) is 10.9. The van der Waals surface area contributed by atoms with Crippen LogP contribution in [0.25, 0.3) is 6.08 Å². The van der Waals surface area contributed by atoms with E-state index in [4.69, 9.17) is 0 Å². The van der Waals surface area contributed by atoms with Crippen LogP contribution in [0, 0.1) is 0 Å². The van der Waals surface area contributed by atoms with Gasteiger partial charge in [-0.1, -0.05) is 25.8 Å². The Labute approximate surface area is 101 Å². The van der Waals surface area contributed by atoms with E-state index in [0.717, 1.165) is 19.3 Å². The van der Waals surface area contributed by atoms with E-state index in [2.05, 4.69) is 6.92 Å². The van der Waals surface area contributed by atoms with Crippen molar-refractivity contribution in [3.05, 3.63) is 29.8 Å². The zero-order chi connectivity index (χ0) is 12.7. The minimum absolute atomic E-state index is 0.0110. The predicted octanol–water partition coefficient (Wildman–Crippen LogP) is 3.26. The molecule has 0 bridgehead atoms. The molecule has 0 saturated carbocycles. The van der Waals surface area contributed by atoms with Crippen LogP contribution in [0.1, 0.15) is 38.2 Å². The lowest BCUT2D eigenvalue weighted by atomic mass is 10.1. The topological polar surface area (TPSA) is 57.5 Å². The average molecular weight is 234 g/mol. The van der Waals surface area contributed by atoms with Gasteiger partial charge in [0, 0.05) is 12.5 Å². The number of unbranched alkanes of at least 4 members (excludes halogenated alkanes) is 2. The molecule has 0 spiro atoms. The number of carbonyl (C=O) groups excluding carboxylic acids is 1. The molecule has 0 radical (unpaired) electrons. The lowest BCUT2D eigenvalue weighted by Gasteiger charge is -1.98. The number of carbonyl (C=O) groups is 1. The van der Waals surface area contributed by atoms with Crippen molar-refractivity contribution in [1.29, 1.82) is 0 Å². The molecule has 0 amide bonds. The SMILES string of the molecule is CCCCCC(=O)C=Cc1cc(O)cc(O)c1. The van der Waals surface area contributed by atoms with E-state index in [-0.39, 0.29) is 17.3 Å². The molecule has 1 aromatic carbocycles. The molecule has 0 fully saturated rings. The summed E-state index contributed by atoms with van der Waals surface area (Å²) in [4.78, 5) is 11.4. The molecule has 3 heteroatoms. The first-order valence-corrected chi connectivity index (χ1v) is 5.85. The highest BCUT2D eigenvalue weighted by molar-refractivity contribution is 5.93. The summed E-state index contributed by atoms with van der Waals surface area (Å²) >= 11 is 0. The van der Waals surface area contributed by atoms with Crippen LogP contribution in [0.2, 0.25) is 0 Å². The van der Waals surface area contributed by atoms with Crippen molar-refractivity contribution in [2.45, 2.75) is 32.6 Å². The third kappa shape index (κ3) is 5.20. The van der Waals surface area contributed by atoms with Crippen molar-refractivity contribution in [1.82, 2.24) is 0 Å². The van der Waals surface area contributed by atoms with Crippen molar-refractivity contribution in [2.24, 2.45) is 0 Å². The van der Waals surface area contributed by atoms with Gasteiger partial charge in [-0.25, -0.2) is 0 Å². The van der Waals surface area contributed by atoms with Gasteiger partial charge >= 0.3 is 0 Å². The number of hydrogen-bond acceptors (Lipinski definition) is 3. The fraction of sp³-hybridized carbons (Fsp3) is 0.357. The first-order chi connectivity index (χ1) is 8.11. The molecule has 0 unspecified atom stereocenters. The monoisotopic (exact) mass is 234 g/mol. The third-order valence-electron chi connectivity index (χ3n) is 2.41. The molecule has 0 heterocycles. The van der Waals surface area contributed by atoms with Crippen LogP contribution in [-0.2, 0) is 4.79 Å². The number of phenols is 2. The van der Waals surface area contributed by atoms with E-state index in [1.165, 1.54) is 24.3 Å². The van der Waals surface area contributed by atoms with E-state index in [0.29, 0.717) is 12.0 Å². The second kappa shape index (κ2) is 6.74. The maximum Gasteiger partial charge on any atom is 0.155 e. The second-order valence-electron chi connectivity index (χ2n) is 4.04. The van der Waals surface area contributed by atoms with Crippen molar-refractivity contribution in [3.8, 4) is 11.5 Å². The lowest BCUT2D eigenvalue weighted by Crippen LogP contribution is -1.91. The molecular weight excluding hydrogens is 216 g/mol. The fourth-order valence-electron chi connectivity index (χ4n) is 1.54. The highest BCUT2D eigenvalue weighted by atomic mass is 16.3. The zero-order valence-electron chi connectivity index (χ0n) is 10.0. The summed E-state index contributed by atoms with van der Waals surface area (Å²) < 4.78 is 0. The Hall–Kier alpha value is -1.77. The molecular formula is C14H18O3. The molecule has 0 atom stereocenters. The number of phenolic OH excluding ortho intramolecular Hbond substituents is 2. The van der Waals surface area contributed by atoms with Crippen LogP contribution in [0.5, 0.6) is 11.5 Å². The molecule has 1 rings (SSSR count). The van der Waals surface area contributed by atoms with Crippen molar-refractivity contribution >= 4 is 11.9 Å². The first-order valence-electron chi connectivity index (χ1n) is 5.85. The fourth-order valence-corrected chi connectivity index (χ4v) is 1.54. The van der Waals surface area contributed by atoms with Gasteiger partial charge in [0.1, 0.15) is 11.5 Å². The highest BCUT2D eigenvalue weighted by Gasteiger charge is 1.98. The Morgan fingerprint density at radius 2 is 1.82 bits per heavy atom. The van der Waals surface area contributed by atoms with Gasteiger partial charge in [0.25, 0.3) is 0 Å². The Kier molecular flexibility index (Phi) is 5.27. The summed E-state index contributed by atoms with van der Waals surface area (Å²) in [5, 5.41) is 18.5. The number of ketones is 1. The Balaban J connectivity index is 2.54.